The summed E-state index contributed by atoms with van der Waals surface area (Å²) >= 11 is 0. The number of pyridine rings is 1. The number of rotatable bonds is 4. The van der Waals surface area contributed by atoms with E-state index in [0.717, 1.165) is 24.1 Å². The van der Waals surface area contributed by atoms with Gasteiger partial charge < -0.3 is 0 Å². The molecule has 1 aliphatic rings. The van der Waals surface area contributed by atoms with E-state index < -0.39 is 10.2 Å². The summed E-state index contributed by atoms with van der Waals surface area (Å²) in [6, 6.07) is 3.76. The first-order valence-electron chi connectivity index (χ1n) is 6.13. The Morgan fingerprint density at radius 2 is 2.06 bits per heavy atom. The van der Waals surface area contributed by atoms with Crippen LogP contribution in [0.3, 0.4) is 0 Å². The Balaban J connectivity index is 2.09. The number of aryl methyl sites for hydroxylation is 1. The van der Waals surface area contributed by atoms with Crippen LogP contribution < -0.4 is 0 Å². The van der Waals surface area contributed by atoms with Gasteiger partial charge >= 0.3 is 0 Å². The van der Waals surface area contributed by atoms with Gasteiger partial charge in [0, 0.05) is 38.6 Å². The summed E-state index contributed by atoms with van der Waals surface area (Å²) in [5, 5.41) is 0. The molecular formula is C12H19N3O2S. The summed E-state index contributed by atoms with van der Waals surface area (Å²) < 4.78 is 27.5. The molecule has 5 nitrogen and oxygen atoms in total. The summed E-state index contributed by atoms with van der Waals surface area (Å²) in [5.74, 6) is 0. The third-order valence-electron chi connectivity index (χ3n) is 3.15. The molecule has 0 aromatic carbocycles. The van der Waals surface area contributed by atoms with Crippen molar-refractivity contribution >= 4 is 10.2 Å². The van der Waals surface area contributed by atoms with Crippen LogP contribution in [0.2, 0.25) is 0 Å². The molecule has 0 unspecified atom stereocenters. The van der Waals surface area contributed by atoms with Crippen LogP contribution in [-0.4, -0.2) is 42.1 Å². The molecule has 0 atom stereocenters. The van der Waals surface area contributed by atoms with Crippen LogP contribution >= 0.6 is 0 Å². The van der Waals surface area contributed by atoms with Crippen molar-refractivity contribution in [2.45, 2.75) is 26.3 Å². The fourth-order valence-electron chi connectivity index (χ4n) is 2.16. The molecule has 0 amide bonds. The average Bonchev–Trinajstić information content (AvgIpc) is 2.82. The second kappa shape index (κ2) is 5.34. The lowest BCUT2D eigenvalue weighted by Crippen LogP contribution is -2.39. The van der Waals surface area contributed by atoms with Crippen LogP contribution in [0.1, 0.15) is 24.1 Å². The molecule has 0 aliphatic carbocycles. The normalized spacial score (nSPS) is 17.5. The van der Waals surface area contributed by atoms with E-state index in [1.165, 1.54) is 4.31 Å². The van der Waals surface area contributed by atoms with Crippen LogP contribution in [0.15, 0.2) is 18.3 Å². The van der Waals surface area contributed by atoms with E-state index in [-0.39, 0.29) is 0 Å². The van der Waals surface area contributed by atoms with Crippen molar-refractivity contribution in [1.82, 2.24) is 13.6 Å². The summed E-state index contributed by atoms with van der Waals surface area (Å²) in [5.41, 5.74) is 1.87. The predicted molar refractivity (Wildman–Crippen MR) is 70.2 cm³/mol. The highest BCUT2D eigenvalue weighted by atomic mass is 32.2. The van der Waals surface area contributed by atoms with Crippen LogP contribution in [0.4, 0.5) is 0 Å². The number of hydrogen-bond acceptors (Lipinski definition) is 3. The molecule has 2 rings (SSSR count). The summed E-state index contributed by atoms with van der Waals surface area (Å²) in [6.07, 6.45) is 3.63. The van der Waals surface area contributed by atoms with Gasteiger partial charge in [0.25, 0.3) is 10.2 Å². The third kappa shape index (κ3) is 2.88. The molecule has 0 saturated carbocycles. The Hall–Kier alpha value is -0.980. The molecule has 0 N–H and O–H groups in total. The quantitative estimate of drug-likeness (QED) is 0.824. The van der Waals surface area contributed by atoms with E-state index in [0.29, 0.717) is 19.6 Å². The van der Waals surface area contributed by atoms with Crippen molar-refractivity contribution in [3.63, 3.8) is 0 Å². The lowest BCUT2D eigenvalue weighted by atomic mass is 10.2. The fraction of sp³-hybridized carbons (Fsp3) is 0.583. The Bertz CT molecular complexity index is 510. The number of hydrogen-bond donors (Lipinski definition) is 0. The first-order valence-corrected chi connectivity index (χ1v) is 7.53. The maximum Gasteiger partial charge on any atom is 0.282 e. The smallest absolute Gasteiger partial charge is 0.262 e. The van der Waals surface area contributed by atoms with Gasteiger partial charge in [0.1, 0.15) is 0 Å². The molecule has 100 valence electrons. The second-order valence-corrected chi connectivity index (χ2v) is 6.71. The molecule has 1 aliphatic heterocycles. The van der Waals surface area contributed by atoms with Gasteiger partial charge in [-0.25, -0.2) is 0 Å². The third-order valence-corrected chi connectivity index (χ3v) is 5.09. The zero-order valence-electron chi connectivity index (χ0n) is 10.8. The van der Waals surface area contributed by atoms with E-state index in [2.05, 4.69) is 4.98 Å². The highest BCUT2D eigenvalue weighted by molar-refractivity contribution is 7.86. The van der Waals surface area contributed by atoms with Gasteiger partial charge in [0.15, 0.2) is 0 Å². The maximum absolute atomic E-state index is 12.3. The summed E-state index contributed by atoms with van der Waals surface area (Å²) in [4.78, 5) is 4.11. The Morgan fingerprint density at radius 1 is 1.39 bits per heavy atom. The fourth-order valence-corrected chi connectivity index (χ4v) is 3.58. The molecule has 2 heterocycles. The molecule has 1 aromatic rings. The van der Waals surface area contributed by atoms with Gasteiger partial charge in [-0.2, -0.15) is 17.0 Å². The van der Waals surface area contributed by atoms with Gasteiger partial charge in [-0.05, 0) is 37.5 Å². The zero-order chi connectivity index (χ0) is 13.2. The van der Waals surface area contributed by atoms with Crippen LogP contribution in [-0.2, 0) is 16.8 Å². The molecule has 0 radical (unpaired) electrons. The first-order chi connectivity index (χ1) is 8.50. The molecule has 1 aromatic heterocycles. The van der Waals surface area contributed by atoms with Gasteiger partial charge in [0.2, 0.25) is 0 Å². The Kier molecular flexibility index (Phi) is 3.99. The van der Waals surface area contributed by atoms with Crippen LogP contribution in [0.5, 0.6) is 0 Å². The Labute approximate surface area is 109 Å². The molecule has 0 spiro atoms. The maximum atomic E-state index is 12.3. The van der Waals surface area contributed by atoms with E-state index in [4.69, 9.17) is 0 Å². The number of nitrogens with zero attached hydrogens (tertiary/aromatic N) is 3. The van der Waals surface area contributed by atoms with Crippen molar-refractivity contribution in [1.29, 1.82) is 0 Å². The second-order valence-electron chi connectivity index (χ2n) is 4.68. The zero-order valence-corrected chi connectivity index (χ0v) is 11.7. The van der Waals surface area contributed by atoms with E-state index in [9.17, 15) is 8.42 Å². The van der Waals surface area contributed by atoms with E-state index >= 15 is 0 Å². The van der Waals surface area contributed by atoms with Crippen molar-refractivity contribution in [3.8, 4) is 0 Å². The minimum atomic E-state index is -3.30. The first kappa shape index (κ1) is 13.5. The molecule has 0 bridgehead atoms. The Morgan fingerprint density at radius 3 is 2.67 bits per heavy atom. The molecule has 6 heteroatoms. The molecule has 1 fully saturated rings. The van der Waals surface area contributed by atoms with Gasteiger partial charge in [0.05, 0.1) is 0 Å². The van der Waals surface area contributed by atoms with Crippen molar-refractivity contribution in [2.24, 2.45) is 0 Å². The van der Waals surface area contributed by atoms with Gasteiger partial charge in [-0.15, -0.1) is 0 Å². The van der Waals surface area contributed by atoms with Crippen molar-refractivity contribution in [2.75, 3.05) is 20.1 Å². The minimum Gasteiger partial charge on any atom is -0.262 e. The van der Waals surface area contributed by atoms with Crippen LogP contribution in [0, 0.1) is 6.92 Å². The molecule has 18 heavy (non-hydrogen) atoms. The highest BCUT2D eigenvalue weighted by Crippen LogP contribution is 2.17. The van der Waals surface area contributed by atoms with E-state index in [1.807, 2.05) is 19.1 Å². The lowest BCUT2D eigenvalue weighted by molar-refractivity contribution is 0.391. The van der Waals surface area contributed by atoms with Gasteiger partial charge in [-0.1, -0.05) is 0 Å². The predicted octanol–water partition coefficient (Wildman–Crippen LogP) is 1.16. The summed E-state index contributed by atoms with van der Waals surface area (Å²) in [7, 11) is -1.68. The highest BCUT2D eigenvalue weighted by Gasteiger charge is 2.29. The lowest BCUT2D eigenvalue weighted by Gasteiger charge is -2.23. The topological polar surface area (TPSA) is 53.5 Å². The SMILES string of the molecule is Cc1cc(CN(C)S(=O)(=O)N2CCCC2)ccn1. The van der Waals surface area contributed by atoms with E-state index in [1.54, 1.807) is 17.5 Å². The van der Waals surface area contributed by atoms with Crippen molar-refractivity contribution < 1.29 is 8.42 Å². The standard InChI is InChI=1S/C12H19N3O2S/c1-11-9-12(5-6-13-11)10-14(2)18(16,17)15-7-3-4-8-15/h5-6,9H,3-4,7-8,10H2,1-2H3. The number of aromatic nitrogens is 1. The summed E-state index contributed by atoms with van der Waals surface area (Å²) in [6.45, 7) is 3.57. The minimum absolute atomic E-state index is 0.391. The molecule has 1 saturated heterocycles. The van der Waals surface area contributed by atoms with Crippen molar-refractivity contribution in [3.05, 3.63) is 29.6 Å². The molecular weight excluding hydrogens is 250 g/mol. The monoisotopic (exact) mass is 269 g/mol. The largest absolute Gasteiger partial charge is 0.282 e. The van der Waals surface area contributed by atoms with Crippen LogP contribution in [0.25, 0.3) is 0 Å². The van der Waals surface area contributed by atoms with Gasteiger partial charge in [-0.3, -0.25) is 4.98 Å². The average molecular weight is 269 g/mol.